The molecule has 2 atom stereocenters. The van der Waals surface area contributed by atoms with Gasteiger partial charge in [-0.1, -0.05) is 20.8 Å². The second kappa shape index (κ2) is 5.80. The predicted molar refractivity (Wildman–Crippen MR) is 86.9 cm³/mol. The number of nitrogens with two attached hydrogens (primary N) is 1. The van der Waals surface area contributed by atoms with Crippen molar-refractivity contribution >= 4 is 20.8 Å². The Hall–Kier alpha value is -1.34. The lowest BCUT2D eigenvalue weighted by Crippen LogP contribution is -2.43. The van der Waals surface area contributed by atoms with Gasteiger partial charge in [0.1, 0.15) is 5.82 Å². The highest BCUT2D eigenvalue weighted by atomic mass is 28.3. The van der Waals surface area contributed by atoms with Crippen LogP contribution in [0.1, 0.15) is 38.7 Å². The molecule has 0 saturated heterocycles. The van der Waals surface area contributed by atoms with Crippen molar-refractivity contribution in [1.82, 2.24) is 9.97 Å². The summed E-state index contributed by atoms with van der Waals surface area (Å²) in [5, 5.41) is 3.18. The van der Waals surface area contributed by atoms with Crippen LogP contribution in [0.4, 0.5) is 11.8 Å². The number of nitrogens with one attached hydrogen (secondary N) is 2. The van der Waals surface area contributed by atoms with Gasteiger partial charge in [0.05, 0.1) is 11.7 Å². The van der Waals surface area contributed by atoms with Crippen LogP contribution in [-0.4, -0.2) is 31.7 Å². The van der Waals surface area contributed by atoms with Gasteiger partial charge in [-0.05, 0) is 24.9 Å². The molecule has 1 aliphatic heterocycles. The first-order valence-electron chi connectivity index (χ1n) is 7.30. The van der Waals surface area contributed by atoms with Crippen molar-refractivity contribution in [2.24, 2.45) is 5.41 Å². The molecule has 0 aliphatic carbocycles. The van der Waals surface area contributed by atoms with E-state index in [1.165, 1.54) is 0 Å². The van der Waals surface area contributed by atoms with E-state index < -0.39 is 9.04 Å². The third kappa shape index (κ3) is 3.46. The van der Waals surface area contributed by atoms with Gasteiger partial charge in [0, 0.05) is 12.5 Å². The number of hydrogen-bond donors (Lipinski definition) is 3. The fourth-order valence-electron chi connectivity index (χ4n) is 2.89. The van der Waals surface area contributed by atoms with Crippen molar-refractivity contribution < 1.29 is 4.43 Å². The molecule has 4 N–H and O–H groups in total. The van der Waals surface area contributed by atoms with Crippen molar-refractivity contribution in [1.29, 1.82) is 0 Å². The lowest BCUT2D eigenvalue weighted by Gasteiger charge is -2.40. The molecular formula is C14H25N4O2Si. The Morgan fingerprint density at radius 2 is 2.10 bits per heavy atom. The molecule has 7 heteroatoms. The van der Waals surface area contributed by atoms with Crippen molar-refractivity contribution in [3.05, 3.63) is 15.9 Å². The number of fused-ring (bicyclic) bond motifs is 1. The van der Waals surface area contributed by atoms with Crippen LogP contribution in [0.25, 0.3) is 0 Å². The molecule has 2 rings (SSSR count). The van der Waals surface area contributed by atoms with E-state index in [0.29, 0.717) is 11.4 Å². The third-order valence-corrected chi connectivity index (χ3v) is 4.40. The minimum atomic E-state index is -0.864. The SMILES string of the molecule is C[Si](C)OC(C1CCNc2nc(N)[nH]c(=O)c21)C(C)(C)C. The van der Waals surface area contributed by atoms with E-state index in [1.54, 1.807) is 0 Å². The number of nitrogen functional groups attached to an aromatic ring is 1. The molecule has 0 bridgehead atoms. The average molecular weight is 309 g/mol. The first-order chi connectivity index (χ1) is 9.70. The zero-order chi connectivity index (χ0) is 15.8. The van der Waals surface area contributed by atoms with Crippen molar-refractivity contribution in [2.75, 3.05) is 17.6 Å². The summed E-state index contributed by atoms with van der Waals surface area (Å²) in [4.78, 5) is 19.2. The highest BCUT2D eigenvalue weighted by Gasteiger charge is 2.39. The van der Waals surface area contributed by atoms with Gasteiger partial charge in [-0.15, -0.1) is 0 Å². The average Bonchev–Trinajstić information content (AvgIpc) is 2.33. The van der Waals surface area contributed by atoms with Crippen LogP contribution >= 0.6 is 0 Å². The number of anilines is 2. The van der Waals surface area contributed by atoms with E-state index in [4.69, 9.17) is 10.2 Å². The molecule has 1 aromatic rings. The molecule has 2 unspecified atom stereocenters. The van der Waals surface area contributed by atoms with Crippen molar-refractivity contribution in [3.63, 3.8) is 0 Å². The largest absolute Gasteiger partial charge is 0.413 e. The number of aromatic amines is 1. The maximum absolute atomic E-state index is 12.3. The van der Waals surface area contributed by atoms with Gasteiger partial charge in [-0.25, -0.2) is 0 Å². The Balaban J connectivity index is 2.48. The molecule has 1 radical (unpaired) electrons. The van der Waals surface area contributed by atoms with Crippen LogP contribution in [0.2, 0.25) is 13.1 Å². The summed E-state index contributed by atoms with van der Waals surface area (Å²) < 4.78 is 6.26. The van der Waals surface area contributed by atoms with Crippen LogP contribution in [0, 0.1) is 5.41 Å². The summed E-state index contributed by atoms with van der Waals surface area (Å²) in [5.74, 6) is 0.792. The Bertz CT molecular complexity index is 565. The molecule has 0 spiro atoms. The molecular weight excluding hydrogens is 284 g/mol. The van der Waals surface area contributed by atoms with Gasteiger partial charge >= 0.3 is 0 Å². The van der Waals surface area contributed by atoms with Crippen LogP contribution in [0.5, 0.6) is 0 Å². The van der Waals surface area contributed by atoms with Crippen LogP contribution in [0.3, 0.4) is 0 Å². The van der Waals surface area contributed by atoms with E-state index in [2.05, 4.69) is 49.1 Å². The molecule has 0 fully saturated rings. The Kier molecular flexibility index (Phi) is 4.43. The summed E-state index contributed by atoms with van der Waals surface area (Å²) in [6.45, 7) is 11.5. The number of hydrogen-bond acceptors (Lipinski definition) is 5. The van der Waals surface area contributed by atoms with Gasteiger partial charge in [-0.2, -0.15) is 4.98 Å². The maximum atomic E-state index is 12.3. The monoisotopic (exact) mass is 309 g/mol. The van der Waals surface area contributed by atoms with Crippen molar-refractivity contribution in [3.8, 4) is 0 Å². The molecule has 1 aliphatic rings. The first-order valence-corrected chi connectivity index (χ1v) is 9.71. The van der Waals surface area contributed by atoms with E-state index in [0.717, 1.165) is 13.0 Å². The molecule has 1 aromatic heterocycles. The van der Waals surface area contributed by atoms with E-state index in [-0.39, 0.29) is 28.9 Å². The zero-order valence-corrected chi connectivity index (χ0v) is 14.4. The summed E-state index contributed by atoms with van der Waals surface area (Å²) in [6.07, 6.45) is 0.854. The highest BCUT2D eigenvalue weighted by Crippen LogP contribution is 2.39. The summed E-state index contributed by atoms with van der Waals surface area (Å²) >= 11 is 0. The van der Waals surface area contributed by atoms with E-state index in [9.17, 15) is 4.79 Å². The van der Waals surface area contributed by atoms with Gasteiger partial charge in [-0.3, -0.25) is 9.78 Å². The fraction of sp³-hybridized carbons (Fsp3) is 0.714. The Morgan fingerprint density at radius 3 is 2.67 bits per heavy atom. The summed E-state index contributed by atoms with van der Waals surface area (Å²) in [5.41, 5.74) is 6.11. The lowest BCUT2D eigenvalue weighted by molar-refractivity contribution is 0.0576. The number of H-pyrrole nitrogens is 1. The van der Waals surface area contributed by atoms with Crippen molar-refractivity contribution in [2.45, 2.75) is 52.3 Å². The second-order valence-corrected chi connectivity index (χ2v) is 8.90. The van der Waals surface area contributed by atoms with Gasteiger partial charge in [0.25, 0.3) is 5.56 Å². The van der Waals surface area contributed by atoms with Crippen LogP contribution < -0.4 is 16.6 Å². The number of rotatable bonds is 3. The van der Waals surface area contributed by atoms with Gasteiger partial charge < -0.3 is 15.5 Å². The third-order valence-electron chi connectivity index (χ3n) is 3.67. The zero-order valence-electron chi connectivity index (χ0n) is 13.4. The number of nitrogens with zero attached hydrogens (tertiary/aromatic N) is 1. The minimum Gasteiger partial charge on any atom is -0.413 e. The van der Waals surface area contributed by atoms with Gasteiger partial charge in [0.2, 0.25) is 15.0 Å². The molecule has 21 heavy (non-hydrogen) atoms. The first kappa shape index (κ1) is 16.0. The predicted octanol–water partition coefficient (Wildman–Crippen LogP) is 1.93. The van der Waals surface area contributed by atoms with E-state index >= 15 is 0 Å². The fourth-order valence-corrected chi connectivity index (χ4v) is 3.91. The van der Waals surface area contributed by atoms with E-state index in [1.807, 2.05) is 0 Å². The molecule has 0 aromatic carbocycles. The molecule has 2 heterocycles. The second-order valence-electron chi connectivity index (χ2n) is 6.85. The molecule has 6 nitrogen and oxygen atoms in total. The standard InChI is InChI=1S/C14H25N4O2Si/c1-14(2,3)10(20-21(4)5)8-6-7-16-11-9(8)12(19)18-13(15)17-11/h8,10H,6-7H2,1-5H3,(H4,15,16,17,18,19). The highest BCUT2D eigenvalue weighted by molar-refractivity contribution is 6.48. The quantitative estimate of drug-likeness (QED) is 0.742. The Morgan fingerprint density at radius 1 is 1.43 bits per heavy atom. The normalized spacial score (nSPS) is 20.0. The lowest BCUT2D eigenvalue weighted by atomic mass is 9.76. The maximum Gasteiger partial charge on any atom is 0.257 e. The van der Waals surface area contributed by atoms with Crippen LogP contribution in [-0.2, 0) is 4.43 Å². The Labute approximate surface area is 127 Å². The topological polar surface area (TPSA) is 93.0 Å². The summed E-state index contributed by atoms with van der Waals surface area (Å²) in [7, 11) is -0.864. The van der Waals surface area contributed by atoms with Gasteiger partial charge in [0.15, 0.2) is 0 Å². The van der Waals surface area contributed by atoms with Crippen LogP contribution in [0.15, 0.2) is 4.79 Å². The number of aromatic nitrogens is 2. The summed E-state index contributed by atoms with van der Waals surface area (Å²) in [6, 6.07) is 0. The minimum absolute atomic E-state index is 0.00577. The smallest absolute Gasteiger partial charge is 0.257 e. The molecule has 117 valence electrons. The molecule has 0 amide bonds. The molecule has 0 saturated carbocycles.